The van der Waals surface area contributed by atoms with Gasteiger partial charge in [-0.25, -0.2) is 4.98 Å². The van der Waals surface area contributed by atoms with Crippen LogP contribution in [-0.2, 0) is 0 Å². The van der Waals surface area contributed by atoms with Crippen LogP contribution in [-0.4, -0.2) is 15.9 Å². The second kappa shape index (κ2) is 5.33. The third kappa shape index (κ3) is 2.78. The summed E-state index contributed by atoms with van der Waals surface area (Å²) in [6.45, 7) is 1.79. The Hall–Kier alpha value is -1.65. The topological polar surface area (TPSA) is 54.9 Å². The highest BCUT2D eigenvalue weighted by Crippen LogP contribution is 2.26. The molecule has 0 aliphatic carbocycles. The fourth-order valence-electron chi connectivity index (χ4n) is 1.43. The third-order valence-corrected chi connectivity index (χ3v) is 2.79. The molecule has 0 aliphatic rings. The number of hydrogen-bond donors (Lipinski definition) is 1. The zero-order valence-electron chi connectivity index (χ0n) is 9.45. The largest absolute Gasteiger partial charge is 0.319 e. The van der Waals surface area contributed by atoms with Crippen LogP contribution in [0.5, 0.6) is 0 Å². The van der Waals surface area contributed by atoms with Crippen molar-refractivity contribution >= 4 is 34.8 Å². The number of carbonyl (C=O) groups is 1. The summed E-state index contributed by atoms with van der Waals surface area (Å²) in [5, 5.41) is 3.16. The van der Waals surface area contributed by atoms with Crippen LogP contribution < -0.4 is 5.32 Å². The molecule has 0 aromatic carbocycles. The number of pyridine rings is 2. The molecule has 2 rings (SSSR count). The van der Waals surface area contributed by atoms with E-state index in [0.717, 1.165) is 5.56 Å². The van der Waals surface area contributed by atoms with E-state index in [4.69, 9.17) is 23.2 Å². The van der Waals surface area contributed by atoms with E-state index in [2.05, 4.69) is 15.3 Å². The predicted molar refractivity (Wildman–Crippen MR) is 71.2 cm³/mol. The maximum absolute atomic E-state index is 11.9. The second-order valence-corrected chi connectivity index (χ2v) is 4.36. The van der Waals surface area contributed by atoms with E-state index in [0.29, 0.717) is 16.4 Å². The lowest BCUT2D eigenvalue weighted by molar-refractivity contribution is 0.102. The molecule has 0 atom stereocenters. The van der Waals surface area contributed by atoms with Crippen LogP contribution in [0.1, 0.15) is 15.9 Å². The van der Waals surface area contributed by atoms with E-state index < -0.39 is 0 Å². The molecule has 18 heavy (non-hydrogen) atoms. The molecule has 0 spiro atoms. The maximum Gasteiger partial charge on any atom is 0.255 e. The van der Waals surface area contributed by atoms with Gasteiger partial charge in [-0.3, -0.25) is 9.78 Å². The van der Waals surface area contributed by atoms with Crippen molar-refractivity contribution in [1.82, 2.24) is 9.97 Å². The summed E-state index contributed by atoms with van der Waals surface area (Å²) in [7, 11) is 0. The van der Waals surface area contributed by atoms with Gasteiger partial charge >= 0.3 is 0 Å². The number of nitrogens with zero attached hydrogens (tertiary/aromatic N) is 2. The number of halogens is 2. The van der Waals surface area contributed by atoms with E-state index in [-0.39, 0.29) is 11.1 Å². The van der Waals surface area contributed by atoms with Crippen molar-refractivity contribution in [2.24, 2.45) is 0 Å². The Bertz CT molecular complexity index is 564. The Balaban J connectivity index is 2.28. The molecular formula is C12H9Cl2N3O. The minimum Gasteiger partial charge on any atom is -0.319 e. The summed E-state index contributed by atoms with van der Waals surface area (Å²) >= 11 is 11.7. The highest BCUT2D eigenvalue weighted by atomic mass is 35.5. The minimum atomic E-state index is -0.272. The summed E-state index contributed by atoms with van der Waals surface area (Å²) in [4.78, 5) is 19.7. The van der Waals surface area contributed by atoms with Crippen LogP contribution in [0.2, 0.25) is 10.3 Å². The fraction of sp³-hybridized carbons (Fsp3) is 0.0833. The van der Waals surface area contributed by atoms with E-state index in [1.54, 1.807) is 37.5 Å². The molecule has 0 bridgehead atoms. The van der Waals surface area contributed by atoms with Crippen molar-refractivity contribution < 1.29 is 4.79 Å². The first-order valence-corrected chi connectivity index (χ1v) is 5.87. The molecule has 2 aromatic rings. The molecule has 0 aliphatic heterocycles. The van der Waals surface area contributed by atoms with E-state index in [1.165, 1.54) is 0 Å². The SMILES string of the molecule is Cc1cc(Cl)nc(Cl)c1NC(=O)c1ccncc1. The van der Waals surface area contributed by atoms with Gasteiger partial charge < -0.3 is 5.32 Å². The lowest BCUT2D eigenvalue weighted by atomic mass is 10.2. The Kier molecular flexibility index (Phi) is 3.79. The Labute approximate surface area is 114 Å². The van der Waals surface area contributed by atoms with Gasteiger partial charge in [0.25, 0.3) is 5.91 Å². The van der Waals surface area contributed by atoms with Crippen molar-refractivity contribution in [3.8, 4) is 0 Å². The number of nitrogens with one attached hydrogen (secondary N) is 1. The molecule has 0 saturated carbocycles. The lowest BCUT2D eigenvalue weighted by Gasteiger charge is -2.10. The Morgan fingerprint density at radius 1 is 1.28 bits per heavy atom. The summed E-state index contributed by atoms with van der Waals surface area (Å²) in [6, 6.07) is 4.86. The predicted octanol–water partition coefficient (Wildman–Crippen LogP) is 3.34. The molecule has 4 nitrogen and oxygen atoms in total. The quantitative estimate of drug-likeness (QED) is 0.859. The smallest absolute Gasteiger partial charge is 0.255 e. The summed E-state index contributed by atoms with van der Waals surface area (Å²) < 4.78 is 0. The van der Waals surface area contributed by atoms with Crippen molar-refractivity contribution in [2.45, 2.75) is 6.92 Å². The number of amides is 1. The molecule has 1 amide bonds. The highest BCUT2D eigenvalue weighted by Gasteiger charge is 2.12. The normalized spacial score (nSPS) is 10.2. The number of aryl methyl sites for hydroxylation is 1. The number of aromatic nitrogens is 2. The van der Waals surface area contributed by atoms with Crippen molar-refractivity contribution in [3.63, 3.8) is 0 Å². The minimum absolute atomic E-state index is 0.169. The molecule has 6 heteroatoms. The molecule has 0 radical (unpaired) electrons. The second-order valence-electron chi connectivity index (χ2n) is 3.62. The average molecular weight is 282 g/mol. The van der Waals surface area contributed by atoms with Gasteiger partial charge in [0.2, 0.25) is 0 Å². The molecule has 0 unspecified atom stereocenters. The first-order valence-electron chi connectivity index (χ1n) is 5.12. The van der Waals surface area contributed by atoms with E-state index >= 15 is 0 Å². The first kappa shape index (κ1) is 12.8. The zero-order chi connectivity index (χ0) is 13.1. The zero-order valence-corrected chi connectivity index (χ0v) is 11.0. The summed E-state index contributed by atoms with van der Waals surface area (Å²) in [5.41, 5.74) is 1.71. The standard InChI is InChI=1S/C12H9Cl2N3O/c1-7-6-9(13)16-11(14)10(7)17-12(18)8-2-4-15-5-3-8/h2-6H,1H3,(H,17,18). The molecule has 1 N–H and O–H groups in total. The van der Waals surface area contributed by atoms with Gasteiger partial charge in [0.05, 0.1) is 5.69 Å². The summed E-state index contributed by atoms with van der Waals surface area (Å²) in [6.07, 6.45) is 3.09. The monoisotopic (exact) mass is 281 g/mol. The average Bonchev–Trinajstić information content (AvgIpc) is 2.34. The van der Waals surface area contributed by atoms with Gasteiger partial charge in [-0.05, 0) is 30.7 Å². The maximum atomic E-state index is 11.9. The third-order valence-electron chi connectivity index (χ3n) is 2.32. The van der Waals surface area contributed by atoms with Gasteiger partial charge in [-0.15, -0.1) is 0 Å². The van der Waals surface area contributed by atoms with Crippen LogP contribution in [0.15, 0.2) is 30.6 Å². The molecule has 2 heterocycles. The molecule has 92 valence electrons. The molecular weight excluding hydrogens is 273 g/mol. The van der Waals surface area contributed by atoms with Gasteiger partial charge in [0, 0.05) is 18.0 Å². The van der Waals surface area contributed by atoms with E-state index in [1.807, 2.05) is 0 Å². The van der Waals surface area contributed by atoms with Crippen LogP contribution >= 0.6 is 23.2 Å². The Morgan fingerprint density at radius 3 is 2.56 bits per heavy atom. The molecule has 2 aromatic heterocycles. The number of hydrogen-bond acceptors (Lipinski definition) is 3. The van der Waals surface area contributed by atoms with Crippen LogP contribution in [0.4, 0.5) is 5.69 Å². The van der Waals surface area contributed by atoms with E-state index in [9.17, 15) is 4.79 Å². The first-order chi connectivity index (χ1) is 8.58. The van der Waals surface area contributed by atoms with Crippen LogP contribution in [0, 0.1) is 6.92 Å². The Morgan fingerprint density at radius 2 is 1.94 bits per heavy atom. The number of carbonyl (C=O) groups excluding carboxylic acids is 1. The molecule has 0 fully saturated rings. The van der Waals surface area contributed by atoms with Gasteiger partial charge in [0.1, 0.15) is 5.15 Å². The fourth-order valence-corrected chi connectivity index (χ4v) is 2.01. The van der Waals surface area contributed by atoms with Crippen molar-refractivity contribution in [3.05, 3.63) is 52.0 Å². The number of rotatable bonds is 2. The van der Waals surface area contributed by atoms with Gasteiger partial charge in [0.15, 0.2) is 5.15 Å². The lowest BCUT2D eigenvalue weighted by Crippen LogP contribution is -2.13. The number of anilines is 1. The molecule has 0 saturated heterocycles. The van der Waals surface area contributed by atoms with Crippen molar-refractivity contribution in [1.29, 1.82) is 0 Å². The van der Waals surface area contributed by atoms with Crippen LogP contribution in [0.25, 0.3) is 0 Å². The van der Waals surface area contributed by atoms with Crippen LogP contribution in [0.3, 0.4) is 0 Å². The summed E-state index contributed by atoms with van der Waals surface area (Å²) in [5.74, 6) is -0.272. The highest BCUT2D eigenvalue weighted by molar-refractivity contribution is 6.35. The van der Waals surface area contributed by atoms with Gasteiger partial charge in [-0.1, -0.05) is 23.2 Å². The van der Waals surface area contributed by atoms with Gasteiger partial charge in [-0.2, -0.15) is 0 Å². The van der Waals surface area contributed by atoms with Crippen molar-refractivity contribution in [2.75, 3.05) is 5.32 Å².